The molecule has 0 aliphatic carbocycles. The molecular weight excluding hydrogens is 226 g/mol. The van der Waals surface area contributed by atoms with Gasteiger partial charge in [0.15, 0.2) is 5.78 Å². The molecule has 3 aromatic heterocycles. The SMILES string of the molecule is O=C(Cc1cccnc1)c1cnn2ccccc12. The number of aromatic nitrogens is 3. The minimum absolute atomic E-state index is 0.0594. The number of carbonyl (C=O) groups excluding carboxylic acids is 1. The molecule has 0 unspecified atom stereocenters. The summed E-state index contributed by atoms with van der Waals surface area (Å²) in [7, 11) is 0. The summed E-state index contributed by atoms with van der Waals surface area (Å²) in [6.45, 7) is 0. The maximum atomic E-state index is 12.2. The molecule has 3 aromatic rings. The van der Waals surface area contributed by atoms with Crippen molar-refractivity contribution in [3.8, 4) is 0 Å². The summed E-state index contributed by atoms with van der Waals surface area (Å²) >= 11 is 0. The molecule has 0 N–H and O–H groups in total. The second-order valence-corrected chi connectivity index (χ2v) is 4.05. The van der Waals surface area contributed by atoms with Gasteiger partial charge in [0.25, 0.3) is 0 Å². The van der Waals surface area contributed by atoms with E-state index in [-0.39, 0.29) is 5.78 Å². The maximum Gasteiger partial charge on any atom is 0.171 e. The van der Waals surface area contributed by atoms with Crippen molar-refractivity contribution in [2.24, 2.45) is 0 Å². The fraction of sp³-hybridized carbons (Fsp3) is 0.0714. The molecule has 88 valence electrons. The Morgan fingerprint density at radius 3 is 2.94 bits per heavy atom. The predicted molar refractivity (Wildman–Crippen MR) is 67.5 cm³/mol. The summed E-state index contributed by atoms with van der Waals surface area (Å²) in [4.78, 5) is 16.2. The number of fused-ring (bicyclic) bond motifs is 1. The highest BCUT2D eigenvalue weighted by atomic mass is 16.1. The summed E-state index contributed by atoms with van der Waals surface area (Å²) in [5.41, 5.74) is 2.41. The maximum absolute atomic E-state index is 12.2. The van der Waals surface area contributed by atoms with Gasteiger partial charge in [0.2, 0.25) is 0 Å². The molecular formula is C14H11N3O. The molecule has 4 heteroatoms. The van der Waals surface area contributed by atoms with Crippen LogP contribution in [-0.2, 0) is 6.42 Å². The zero-order chi connectivity index (χ0) is 12.4. The average molecular weight is 237 g/mol. The van der Waals surface area contributed by atoms with Gasteiger partial charge in [0.1, 0.15) is 0 Å². The van der Waals surface area contributed by atoms with Crippen LogP contribution in [0, 0.1) is 0 Å². The summed E-state index contributed by atoms with van der Waals surface area (Å²) in [6, 6.07) is 9.41. The summed E-state index contributed by atoms with van der Waals surface area (Å²) in [5, 5.41) is 4.16. The Hall–Kier alpha value is -2.49. The number of nitrogens with zero attached hydrogens (tertiary/aromatic N) is 3. The van der Waals surface area contributed by atoms with Gasteiger partial charge < -0.3 is 0 Å². The first-order valence-electron chi connectivity index (χ1n) is 5.69. The van der Waals surface area contributed by atoms with Crippen LogP contribution >= 0.6 is 0 Å². The molecule has 0 amide bonds. The standard InChI is InChI=1S/C14H11N3O/c18-14(8-11-4-3-6-15-9-11)12-10-16-17-7-2-1-5-13(12)17/h1-7,9-10H,8H2. The molecule has 4 nitrogen and oxygen atoms in total. The fourth-order valence-corrected chi connectivity index (χ4v) is 1.93. The van der Waals surface area contributed by atoms with Gasteiger partial charge in [-0.2, -0.15) is 5.10 Å². The minimum Gasteiger partial charge on any atom is -0.294 e. The molecule has 3 rings (SSSR count). The van der Waals surface area contributed by atoms with Crippen LogP contribution in [0.5, 0.6) is 0 Å². The summed E-state index contributed by atoms with van der Waals surface area (Å²) < 4.78 is 1.70. The van der Waals surface area contributed by atoms with Gasteiger partial charge in [-0.25, -0.2) is 4.52 Å². The lowest BCUT2D eigenvalue weighted by Gasteiger charge is -1.99. The first kappa shape index (κ1) is 10.7. The molecule has 3 heterocycles. The van der Waals surface area contributed by atoms with E-state index in [0.717, 1.165) is 11.1 Å². The van der Waals surface area contributed by atoms with Crippen molar-refractivity contribution >= 4 is 11.3 Å². The van der Waals surface area contributed by atoms with Gasteiger partial charge in [0, 0.05) is 25.0 Å². The third-order valence-corrected chi connectivity index (χ3v) is 2.81. The topological polar surface area (TPSA) is 47.3 Å². The second kappa shape index (κ2) is 4.41. The highest BCUT2D eigenvalue weighted by molar-refractivity contribution is 6.03. The lowest BCUT2D eigenvalue weighted by molar-refractivity contribution is 0.0994. The van der Waals surface area contributed by atoms with E-state index < -0.39 is 0 Å². The van der Waals surface area contributed by atoms with E-state index in [4.69, 9.17) is 0 Å². The number of carbonyl (C=O) groups is 1. The quantitative estimate of drug-likeness (QED) is 0.656. The van der Waals surface area contributed by atoms with Crippen molar-refractivity contribution in [1.29, 1.82) is 0 Å². The van der Waals surface area contributed by atoms with E-state index in [0.29, 0.717) is 12.0 Å². The number of rotatable bonds is 3. The zero-order valence-electron chi connectivity index (χ0n) is 9.65. The average Bonchev–Trinajstić information content (AvgIpc) is 2.84. The molecule has 0 saturated heterocycles. The van der Waals surface area contributed by atoms with Crippen LogP contribution in [0.2, 0.25) is 0 Å². The highest BCUT2D eigenvalue weighted by Gasteiger charge is 2.12. The van der Waals surface area contributed by atoms with Crippen LogP contribution in [0.3, 0.4) is 0 Å². The van der Waals surface area contributed by atoms with E-state index in [1.54, 1.807) is 23.1 Å². The largest absolute Gasteiger partial charge is 0.294 e. The van der Waals surface area contributed by atoms with Crippen LogP contribution in [0.15, 0.2) is 55.1 Å². The zero-order valence-corrected chi connectivity index (χ0v) is 9.65. The van der Waals surface area contributed by atoms with Crippen LogP contribution in [0.1, 0.15) is 15.9 Å². The van der Waals surface area contributed by atoms with Crippen molar-refractivity contribution in [1.82, 2.24) is 14.6 Å². The monoisotopic (exact) mass is 237 g/mol. The Labute approximate surface area is 104 Å². The Kier molecular flexibility index (Phi) is 2.61. The lowest BCUT2D eigenvalue weighted by atomic mass is 10.1. The molecule has 0 aromatic carbocycles. The van der Waals surface area contributed by atoms with Crippen LogP contribution in [0.25, 0.3) is 5.52 Å². The normalized spacial score (nSPS) is 10.7. The number of hydrogen-bond donors (Lipinski definition) is 0. The molecule has 0 spiro atoms. The number of hydrogen-bond acceptors (Lipinski definition) is 3. The molecule has 0 aliphatic heterocycles. The van der Waals surface area contributed by atoms with Crippen molar-refractivity contribution in [3.63, 3.8) is 0 Å². The first-order chi connectivity index (χ1) is 8.84. The Balaban J connectivity index is 1.93. The fourth-order valence-electron chi connectivity index (χ4n) is 1.93. The highest BCUT2D eigenvalue weighted by Crippen LogP contribution is 2.13. The molecule has 0 atom stereocenters. The molecule has 18 heavy (non-hydrogen) atoms. The van der Waals surface area contributed by atoms with E-state index in [9.17, 15) is 4.79 Å². The van der Waals surface area contributed by atoms with E-state index in [1.165, 1.54) is 0 Å². The number of ketones is 1. The van der Waals surface area contributed by atoms with E-state index >= 15 is 0 Å². The third kappa shape index (κ3) is 1.88. The van der Waals surface area contributed by atoms with Crippen LogP contribution in [-0.4, -0.2) is 20.4 Å². The van der Waals surface area contributed by atoms with Crippen molar-refractivity contribution < 1.29 is 4.79 Å². The molecule has 0 saturated carbocycles. The van der Waals surface area contributed by atoms with Crippen molar-refractivity contribution in [3.05, 3.63) is 66.2 Å². The molecule has 0 fully saturated rings. The second-order valence-electron chi connectivity index (χ2n) is 4.05. The first-order valence-corrected chi connectivity index (χ1v) is 5.69. The van der Waals surface area contributed by atoms with Crippen LogP contribution < -0.4 is 0 Å². The van der Waals surface area contributed by atoms with Crippen LogP contribution in [0.4, 0.5) is 0 Å². The van der Waals surface area contributed by atoms with Gasteiger partial charge in [-0.15, -0.1) is 0 Å². The Morgan fingerprint density at radius 1 is 1.17 bits per heavy atom. The Morgan fingerprint density at radius 2 is 2.11 bits per heavy atom. The van der Waals surface area contributed by atoms with E-state index in [2.05, 4.69) is 10.1 Å². The van der Waals surface area contributed by atoms with Gasteiger partial charge in [-0.05, 0) is 23.8 Å². The van der Waals surface area contributed by atoms with Gasteiger partial charge in [-0.1, -0.05) is 12.1 Å². The van der Waals surface area contributed by atoms with Crippen molar-refractivity contribution in [2.45, 2.75) is 6.42 Å². The van der Waals surface area contributed by atoms with Crippen molar-refractivity contribution in [2.75, 3.05) is 0 Å². The van der Waals surface area contributed by atoms with E-state index in [1.807, 2.05) is 36.5 Å². The van der Waals surface area contributed by atoms with Gasteiger partial charge in [0.05, 0.1) is 17.3 Å². The predicted octanol–water partition coefficient (Wildman–Crippen LogP) is 2.15. The Bertz CT molecular complexity index is 688. The van der Waals surface area contributed by atoms with Gasteiger partial charge in [-0.3, -0.25) is 9.78 Å². The molecule has 0 bridgehead atoms. The summed E-state index contributed by atoms with van der Waals surface area (Å²) in [6.07, 6.45) is 7.21. The number of pyridine rings is 2. The van der Waals surface area contributed by atoms with Gasteiger partial charge >= 0.3 is 0 Å². The molecule has 0 radical (unpaired) electrons. The number of Topliss-reactive ketones (excluding diaryl/α,β-unsaturated/α-hetero) is 1. The molecule has 0 aliphatic rings. The lowest BCUT2D eigenvalue weighted by Crippen LogP contribution is -2.03. The third-order valence-electron chi connectivity index (χ3n) is 2.81. The minimum atomic E-state index is 0.0594. The smallest absolute Gasteiger partial charge is 0.171 e. The summed E-state index contributed by atoms with van der Waals surface area (Å²) in [5.74, 6) is 0.0594.